The van der Waals surface area contributed by atoms with Gasteiger partial charge in [0.2, 0.25) is 0 Å². The van der Waals surface area contributed by atoms with Crippen molar-refractivity contribution in [1.82, 2.24) is 4.47 Å². The smallest absolute Gasteiger partial charge is 0.265 e. The van der Waals surface area contributed by atoms with E-state index in [9.17, 15) is 13.6 Å². The molecule has 2 aromatic carbocycles. The van der Waals surface area contributed by atoms with Gasteiger partial charge in [0.1, 0.15) is 0 Å². The molecule has 4 nitrogen and oxygen atoms in total. The number of rotatable bonds is 5. The molecule has 108 valence electrons. The predicted octanol–water partition coefficient (Wildman–Crippen LogP) is 2.83. The van der Waals surface area contributed by atoms with E-state index < -0.39 is 16.1 Å². The molecule has 2 rings (SSSR count). The largest absolute Gasteiger partial charge is 0.299 e. The zero-order valence-corrected chi connectivity index (χ0v) is 12.1. The molecule has 1 N–H and O–H groups in total. The van der Waals surface area contributed by atoms with E-state index in [1.54, 1.807) is 42.5 Å². The molecule has 0 saturated heterocycles. The van der Waals surface area contributed by atoms with E-state index in [0.717, 1.165) is 0 Å². The van der Waals surface area contributed by atoms with E-state index in [1.165, 1.54) is 12.1 Å². The lowest BCUT2D eigenvalue weighted by Crippen LogP contribution is -2.31. The van der Waals surface area contributed by atoms with Gasteiger partial charge >= 0.3 is 0 Å². The summed E-state index contributed by atoms with van der Waals surface area (Å²) in [5.74, 6) is 2.40. The SMILES string of the molecule is C#CCC(c1ccccc1)N(O)S(=O)(=O)c1ccccc1. The van der Waals surface area contributed by atoms with Gasteiger partial charge in [-0.1, -0.05) is 53.0 Å². The summed E-state index contributed by atoms with van der Waals surface area (Å²) in [6, 6.07) is 15.7. The Labute approximate surface area is 124 Å². The van der Waals surface area contributed by atoms with E-state index in [1.807, 2.05) is 6.07 Å². The summed E-state index contributed by atoms with van der Waals surface area (Å²) in [6.07, 6.45) is 5.38. The van der Waals surface area contributed by atoms with Crippen molar-refractivity contribution in [3.63, 3.8) is 0 Å². The van der Waals surface area contributed by atoms with Gasteiger partial charge in [-0.05, 0) is 17.7 Å². The summed E-state index contributed by atoms with van der Waals surface area (Å²) < 4.78 is 25.2. The zero-order chi connectivity index (χ0) is 15.3. The summed E-state index contributed by atoms with van der Waals surface area (Å²) in [4.78, 5) is 0.0189. The summed E-state index contributed by atoms with van der Waals surface area (Å²) in [5, 5.41) is 10.2. The van der Waals surface area contributed by atoms with Crippen molar-refractivity contribution in [2.24, 2.45) is 0 Å². The average Bonchev–Trinajstić information content (AvgIpc) is 2.53. The summed E-state index contributed by atoms with van der Waals surface area (Å²) in [5.41, 5.74) is 0.637. The predicted molar refractivity (Wildman–Crippen MR) is 79.9 cm³/mol. The first kappa shape index (κ1) is 15.3. The maximum atomic E-state index is 12.4. The van der Waals surface area contributed by atoms with Gasteiger partial charge in [0.05, 0.1) is 10.9 Å². The molecule has 0 aliphatic heterocycles. The molecule has 1 atom stereocenters. The molecule has 2 aromatic rings. The zero-order valence-electron chi connectivity index (χ0n) is 11.3. The lowest BCUT2D eigenvalue weighted by Gasteiger charge is -2.24. The third-order valence-electron chi connectivity index (χ3n) is 3.05. The van der Waals surface area contributed by atoms with Crippen molar-refractivity contribution in [2.75, 3.05) is 0 Å². The molecule has 1 unspecified atom stereocenters. The summed E-state index contributed by atoms with van der Waals surface area (Å²) >= 11 is 0. The third-order valence-corrected chi connectivity index (χ3v) is 4.66. The van der Waals surface area contributed by atoms with E-state index in [0.29, 0.717) is 10.0 Å². The highest BCUT2D eigenvalue weighted by Gasteiger charge is 2.30. The van der Waals surface area contributed by atoms with E-state index >= 15 is 0 Å². The molecule has 0 bridgehead atoms. The first-order chi connectivity index (χ1) is 10.1. The van der Waals surface area contributed by atoms with Crippen molar-refractivity contribution < 1.29 is 13.6 Å². The molecular formula is C16H15NO3S. The van der Waals surface area contributed by atoms with Gasteiger partial charge in [-0.3, -0.25) is 5.21 Å². The monoisotopic (exact) mass is 301 g/mol. The van der Waals surface area contributed by atoms with Crippen LogP contribution < -0.4 is 0 Å². The molecule has 0 aromatic heterocycles. The Morgan fingerprint density at radius 2 is 1.57 bits per heavy atom. The van der Waals surface area contributed by atoms with Crippen LogP contribution in [-0.4, -0.2) is 18.1 Å². The van der Waals surface area contributed by atoms with Crippen LogP contribution in [-0.2, 0) is 10.0 Å². The molecule has 5 heteroatoms. The summed E-state index contributed by atoms with van der Waals surface area (Å²) in [6.45, 7) is 0. The van der Waals surface area contributed by atoms with Crippen molar-refractivity contribution in [3.05, 3.63) is 66.2 Å². The van der Waals surface area contributed by atoms with Gasteiger partial charge in [-0.25, -0.2) is 8.42 Å². The maximum Gasteiger partial charge on any atom is 0.265 e. The minimum Gasteiger partial charge on any atom is -0.299 e. The fraction of sp³-hybridized carbons (Fsp3) is 0.125. The Hall–Kier alpha value is -2.13. The number of benzene rings is 2. The van der Waals surface area contributed by atoms with Crippen LogP contribution in [0.1, 0.15) is 18.0 Å². The average molecular weight is 301 g/mol. The maximum absolute atomic E-state index is 12.4. The van der Waals surface area contributed by atoms with E-state index in [2.05, 4.69) is 5.92 Å². The number of hydrogen-bond acceptors (Lipinski definition) is 3. The Morgan fingerprint density at radius 3 is 2.10 bits per heavy atom. The van der Waals surface area contributed by atoms with Crippen LogP contribution in [0.25, 0.3) is 0 Å². The minimum atomic E-state index is -4.02. The first-order valence-corrected chi connectivity index (χ1v) is 7.78. The van der Waals surface area contributed by atoms with E-state index in [4.69, 9.17) is 6.42 Å². The van der Waals surface area contributed by atoms with Crippen LogP contribution in [0.5, 0.6) is 0 Å². The molecule has 0 saturated carbocycles. The Morgan fingerprint density at radius 1 is 1.05 bits per heavy atom. The molecule has 21 heavy (non-hydrogen) atoms. The molecule has 0 radical (unpaired) electrons. The van der Waals surface area contributed by atoms with Gasteiger partial charge in [-0.2, -0.15) is 0 Å². The first-order valence-electron chi connectivity index (χ1n) is 6.34. The number of terminal acetylenes is 1. The molecule has 0 amide bonds. The van der Waals surface area contributed by atoms with Crippen LogP contribution in [0.4, 0.5) is 0 Å². The highest BCUT2D eigenvalue weighted by atomic mass is 32.2. The van der Waals surface area contributed by atoms with Crippen molar-refractivity contribution >= 4 is 10.0 Å². The molecule has 0 aliphatic carbocycles. The highest BCUT2D eigenvalue weighted by Crippen LogP contribution is 2.28. The highest BCUT2D eigenvalue weighted by molar-refractivity contribution is 7.89. The Bertz CT molecular complexity index is 721. The normalized spacial score (nSPS) is 12.8. The molecular weight excluding hydrogens is 286 g/mol. The number of hydrogen-bond donors (Lipinski definition) is 1. The molecule has 0 fully saturated rings. The third kappa shape index (κ3) is 3.31. The van der Waals surface area contributed by atoms with Gasteiger partial charge < -0.3 is 0 Å². The van der Waals surface area contributed by atoms with Gasteiger partial charge in [0, 0.05) is 6.42 Å². The van der Waals surface area contributed by atoms with Crippen LogP contribution in [0.2, 0.25) is 0 Å². The van der Waals surface area contributed by atoms with Gasteiger partial charge in [-0.15, -0.1) is 12.3 Å². The fourth-order valence-corrected chi connectivity index (χ4v) is 3.23. The number of hydroxylamine groups is 1. The number of nitrogens with zero attached hydrogens (tertiary/aromatic N) is 1. The summed E-state index contributed by atoms with van der Waals surface area (Å²) in [7, 11) is -4.02. The van der Waals surface area contributed by atoms with Gasteiger partial charge in [0.15, 0.2) is 0 Å². The lowest BCUT2D eigenvalue weighted by molar-refractivity contribution is -0.0356. The second-order valence-electron chi connectivity index (χ2n) is 4.43. The van der Waals surface area contributed by atoms with Crippen LogP contribution in [0.3, 0.4) is 0 Å². The Balaban J connectivity index is 2.40. The number of sulfonamides is 1. The Kier molecular flexibility index (Phi) is 4.76. The second-order valence-corrected chi connectivity index (χ2v) is 6.22. The molecule has 0 spiro atoms. The van der Waals surface area contributed by atoms with Crippen LogP contribution >= 0.6 is 0 Å². The van der Waals surface area contributed by atoms with Crippen LogP contribution in [0.15, 0.2) is 65.6 Å². The minimum absolute atomic E-state index is 0.0189. The van der Waals surface area contributed by atoms with Crippen molar-refractivity contribution in [3.8, 4) is 12.3 Å². The van der Waals surface area contributed by atoms with Gasteiger partial charge in [0.25, 0.3) is 10.0 Å². The van der Waals surface area contributed by atoms with Crippen molar-refractivity contribution in [1.29, 1.82) is 0 Å². The van der Waals surface area contributed by atoms with Crippen LogP contribution in [0, 0.1) is 12.3 Å². The van der Waals surface area contributed by atoms with Crippen molar-refractivity contribution in [2.45, 2.75) is 17.4 Å². The topological polar surface area (TPSA) is 57.6 Å². The molecule has 0 aliphatic rings. The lowest BCUT2D eigenvalue weighted by atomic mass is 10.1. The quantitative estimate of drug-likeness (QED) is 0.682. The second kappa shape index (κ2) is 6.55. The van der Waals surface area contributed by atoms with E-state index in [-0.39, 0.29) is 11.3 Å². The molecule has 0 heterocycles. The fourth-order valence-electron chi connectivity index (χ4n) is 1.98. The standard InChI is InChI=1S/C16H15NO3S/c1-2-9-16(14-10-5-3-6-11-14)17(18)21(19,20)15-12-7-4-8-13-15/h1,3-8,10-13,16,18H,9H2.